The van der Waals surface area contributed by atoms with Crippen LogP contribution in [0.25, 0.3) is 5.65 Å². The first-order valence-corrected chi connectivity index (χ1v) is 4.58. The van der Waals surface area contributed by atoms with Gasteiger partial charge < -0.3 is 15.2 Å². The lowest BCUT2D eigenvalue weighted by Crippen LogP contribution is -2.15. The Bertz CT molecular complexity index is 459. The van der Waals surface area contributed by atoms with Gasteiger partial charge in [-0.25, -0.2) is 4.98 Å². The molecular weight excluding hydrogens is 194 g/mol. The quantitative estimate of drug-likeness (QED) is 0.776. The number of carboxylic acid groups (broad SMARTS) is 1. The van der Waals surface area contributed by atoms with E-state index in [2.05, 4.69) is 4.98 Å². The summed E-state index contributed by atoms with van der Waals surface area (Å²) >= 11 is 0. The van der Waals surface area contributed by atoms with Crippen LogP contribution in [-0.4, -0.2) is 20.5 Å². The SMILES string of the molecule is N[C@H](CC(=O)O)c1cn2ccccc2n1. The maximum Gasteiger partial charge on any atom is 0.305 e. The average Bonchev–Trinajstić information content (AvgIpc) is 2.59. The summed E-state index contributed by atoms with van der Waals surface area (Å²) in [7, 11) is 0. The number of nitrogens with two attached hydrogens (primary N) is 1. The summed E-state index contributed by atoms with van der Waals surface area (Å²) in [5, 5.41) is 8.61. The van der Waals surface area contributed by atoms with E-state index in [0.29, 0.717) is 5.69 Å². The van der Waals surface area contributed by atoms with E-state index in [-0.39, 0.29) is 6.42 Å². The van der Waals surface area contributed by atoms with Crippen LogP contribution in [0, 0.1) is 0 Å². The van der Waals surface area contributed by atoms with Crippen molar-refractivity contribution < 1.29 is 9.90 Å². The molecule has 0 aromatic carbocycles. The molecular formula is C10H11N3O2. The second-order valence-electron chi connectivity index (χ2n) is 3.34. The molecule has 2 aromatic rings. The molecule has 0 bridgehead atoms. The van der Waals surface area contributed by atoms with Crippen molar-refractivity contribution in [2.75, 3.05) is 0 Å². The zero-order valence-corrected chi connectivity index (χ0v) is 8.00. The summed E-state index contributed by atoms with van der Waals surface area (Å²) in [5.41, 5.74) is 7.08. The lowest BCUT2D eigenvalue weighted by atomic mass is 10.2. The molecule has 0 fully saturated rings. The molecule has 2 heterocycles. The first-order valence-electron chi connectivity index (χ1n) is 4.58. The maximum absolute atomic E-state index is 10.5. The fourth-order valence-electron chi connectivity index (χ4n) is 1.43. The van der Waals surface area contributed by atoms with Gasteiger partial charge in [-0.1, -0.05) is 6.07 Å². The van der Waals surface area contributed by atoms with Gasteiger partial charge in [-0.2, -0.15) is 0 Å². The molecule has 0 unspecified atom stereocenters. The molecule has 5 heteroatoms. The molecule has 15 heavy (non-hydrogen) atoms. The summed E-state index contributed by atoms with van der Waals surface area (Å²) in [4.78, 5) is 14.7. The molecule has 0 radical (unpaired) electrons. The molecule has 0 saturated carbocycles. The fourth-order valence-corrected chi connectivity index (χ4v) is 1.43. The van der Waals surface area contributed by atoms with Gasteiger partial charge in [0, 0.05) is 12.4 Å². The van der Waals surface area contributed by atoms with E-state index in [9.17, 15) is 4.79 Å². The Kier molecular flexibility index (Phi) is 2.39. The molecule has 0 spiro atoms. The van der Waals surface area contributed by atoms with E-state index < -0.39 is 12.0 Å². The number of hydrogen-bond donors (Lipinski definition) is 2. The normalized spacial score (nSPS) is 12.9. The molecule has 0 saturated heterocycles. The van der Waals surface area contributed by atoms with E-state index in [1.807, 2.05) is 28.8 Å². The van der Waals surface area contributed by atoms with Gasteiger partial charge >= 0.3 is 5.97 Å². The van der Waals surface area contributed by atoms with Gasteiger partial charge in [-0.3, -0.25) is 4.79 Å². The number of aromatic nitrogens is 2. The number of imidazole rings is 1. The molecule has 0 amide bonds. The van der Waals surface area contributed by atoms with Gasteiger partial charge in [-0.15, -0.1) is 0 Å². The van der Waals surface area contributed by atoms with Crippen LogP contribution in [0.3, 0.4) is 0 Å². The fraction of sp³-hybridized carbons (Fsp3) is 0.200. The van der Waals surface area contributed by atoms with Crippen LogP contribution in [0.2, 0.25) is 0 Å². The predicted octanol–water partition coefficient (Wildman–Crippen LogP) is 0.809. The van der Waals surface area contributed by atoms with E-state index in [0.717, 1.165) is 5.65 Å². The van der Waals surface area contributed by atoms with Crippen LogP contribution in [0.4, 0.5) is 0 Å². The van der Waals surface area contributed by atoms with Crippen LogP contribution in [0.5, 0.6) is 0 Å². The Balaban J connectivity index is 2.32. The monoisotopic (exact) mass is 205 g/mol. The average molecular weight is 205 g/mol. The Morgan fingerprint density at radius 1 is 1.60 bits per heavy atom. The number of fused-ring (bicyclic) bond motifs is 1. The topological polar surface area (TPSA) is 80.6 Å². The number of hydrogen-bond acceptors (Lipinski definition) is 3. The minimum atomic E-state index is -0.917. The minimum absolute atomic E-state index is 0.107. The van der Waals surface area contributed by atoms with Gasteiger partial charge in [0.05, 0.1) is 18.2 Å². The van der Waals surface area contributed by atoms with Crippen molar-refractivity contribution in [3.63, 3.8) is 0 Å². The molecule has 2 aromatic heterocycles. The minimum Gasteiger partial charge on any atom is -0.481 e. The lowest BCUT2D eigenvalue weighted by molar-refractivity contribution is -0.137. The predicted molar refractivity (Wildman–Crippen MR) is 54.4 cm³/mol. The maximum atomic E-state index is 10.5. The Morgan fingerprint density at radius 2 is 2.40 bits per heavy atom. The second-order valence-corrected chi connectivity index (χ2v) is 3.34. The van der Waals surface area contributed by atoms with Gasteiger partial charge in [0.15, 0.2) is 0 Å². The number of aliphatic carboxylic acids is 1. The van der Waals surface area contributed by atoms with Gasteiger partial charge in [-0.05, 0) is 12.1 Å². The largest absolute Gasteiger partial charge is 0.481 e. The highest BCUT2D eigenvalue weighted by molar-refractivity contribution is 5.67. The molecule has 78 valence electrons. The molecule has 0 aliphatic heterocycles. The molecule has 5 nitrogen and oxygen atoms in total. The van der Waals surface area contributed by atoms with Gasteiger partial charge in [0.1, 0.15) is 5.65 Å². The summed E-state index contributed by atoms with van der Waals surface area (Å²) in [6, 6.07) is 5.04. The molecule has 1 atom stereocenters. The third-order valence-electron chi connectivity index (χ3n) is 2.16. The summed E-state index contributed by atoms with van der Waals surface area (Å²) < 4.78 is 1.82. The molecule has 2 rings (SSSR count). The molecule has 0 aliphatic rings. The Hall–Kier alpha value is -1.88. The van der Waals surface area contributed by atoms with Crippen LogP contribution < -0.4 is 5.73 Å². The van der Waals surface area contributed by atoms with Crippen molar-refractivity contribution in [3.05, 3.63) is 36.3 Å². The summed E-state index contributed by atoms with van der Waals surface area (Å²) in [5.74, 6) is -0.917. The second kappa shape index (κ2) is 3.70. The van der Waals surface area contributed by atoms with Crippen LogP contribution in [0.15, 0.2) is 30.6 Å². The highest BCUT2D eigenvalue weighted by atomic mass is 16.4. The summed E-state index contributed by atoms with van der Waals surface area (Å²) in [6.45, 7) is 0. The van der Waals surface area contributed by atoms with Crippen molar-refractivity contribution in [2.24, 2.45) is 5.73 Å². The van der Waals surface area contributed by atoms with Crippen LogP contribution in [-0.2, 0) is 4.79 Å². The Morgan fingerprint density at radius 3 is 3.07 bits per heavy atom. The van der Waals surface area contributed by atoms with Crippen LogP contribution >= 0.6 is 0 Å². The highest BCUT2D eigenvalue weighted by Gasteiger charge is 2.13. The van der Waals surface area contributed by atoms with Crippen molar-refractivity contribution in [3.8, 4) is 0 Å². The standard InChI is InChI=1S/C10H11N3O2/c11-7(5-10(14)15)8-6-13-4-2-1-3-9(13)12-8/h1-4,6-7H,5,11H2,(H,14,15)/t7-/m1/s1. The number of carbonyl (C=O) groups is 1. The number of nitrogens with zero attached hydrogens (tertiary/aromatic N) is 2. The van der Waals surface area contributed by atoms with Gasteiger partial charge in [0.25, 0.3) is 0 Å². The van der Waals surface area contributed by atoms with E-state index in [1.165, 1.54) is 0 Å². The van der Waals surface area contributed by atoms with Gasteiger partial charge in [0.2, 0.25) is 0 Å². The number of rotatable bonds is 3. The van der Waals surface area contributed by atoms with Crippen molar-refractivity contribution >= 4 is 11.6 Å². The van der Waals surface area contributed by atoms with Crippen LogP contribution in [0.1, 0.15) is 18.2 Å². The zero-order chi connectivity index (χ0) is 10.8. The Labute approximate surface area is 86.2 Å². The third-order valence-corrected chi connectivity index (χ3v) is 2.16. The van der Waals surface area contributed by atoms with E-state index in [4.69, 9.17) is 10.8 Å². The first kappa shape index (κ1) is 9.67. The van der Waals surface area contributed by atoms with Crippen molar-refractivity contribution in [1.82, 2.24) is 9.38 Å². The number of pyridine rings is 1. The number of carboxylic acids is 1. The summed E-state index contributed by atoms with van der Waals surface area (Å²) in [6.07, 6.45) is 3.49. The zero-order valence-electron chi connectivity index (χ0n) is 8.00. The third kappa shape index (κ3) is 1.97. The van der Waals surface area contributed by atoms with Crippen molar-refractivity contribution in [1.29, 1.82) is 0 Å². The smallest absolute Gasteiger partial charge is 0.305 e. The first-order chi connectivity index (χ1) is 7.16. The van der Waals surface area contributed by atoms with E-state index in [1.54, 1.807) is 6.20 Å². The molecule has 3 N–H and O–H groups in total. The lowest BCUT2D eigenvalue weighted by Gasteiger charge is -2.03. The van der Waals surface area contributed by atoms with Crippen molar-refractivity contribution in [2.45, 2.75) is 12.5 Å². The van der Waals surface area contributed by atoms with E-state index >= 15 is 0 Å². The molecule has 0 aliphatic carbocycles. The highest BCUT2D eigenvalue weighted by Crippen LogP contribution is 2.13.